The lowest BCUT2D eigenvalue weighted by Gasteiger charge is -2.06. The van der Waals surface area contributed by atoms with Gasteiger partial charge in [-0.3, -0.25) is 4.79 Å². The summed E-state index contributed by atoms with van der Waals surface area (Å²) in [6, 6.07) is 15.2. The first-order valence-electron chi connectivity index (χ1n) is 7.31. The predicted molar refractivity (Wildman–Crippen MR) is 105 cm³/mol. The third-order valence-corrected chi connectivity index (χ3v) is 5.61. The minimum atomic E-state index is -0.111. The van der Waals surface area contributed by atoms with Gasteiger partial charge in [0.05, 0.1) is 10.7 Å². The van der Waals surface area contributed by atoms with Gasteiger partial charge in [-0.25, -0.2) is 4.98 Å². The Kier molecular flexibility index (Phi) is 5.71. The molecule has 0 radical (unpaired) electrons. The van der Waals surface area contributed by atoms with E-state index < -0.39 is 0 Å². The Morgan fingerprint density at radius 1 is 1.25 bits per heavy atom. The Bertz CT molecular complexity index is 846. The molecule has 0 atom stereocenters. The summed E-state index contributed by atoms with van der Waals surface area (Å²) in [5, 5.41) is 6.07. The molecular weight excluding hydrogens is 404 g/mol. The summed E-state index contributed by atoms with van der Waals surface area (Å²) >= 11 is 6.78. The maximum Gasteiger partial charge on any atom is 0.255 e. The van der Waals surface area contributed by atoms with Crippen molar-refractivity contribution in [3.05, 3.63) is 74.6 Å². The zero-order valence-corrected chi connectivity index (χ0v) is 16.2. The van der Waals surface area contributed by atoms with E-state index in [0.717, 1.165) is 31.5 Å². The molecule has 3 aromatic rings. The topological polar surface area (TPSA) is 42.0 Å². The average Bonchev–Trinajstić information content (AvgIpc) is 2.99. The summed E-state index contributed by atoms with van der Waals surface area (Å²) in [5.74, 6) is 0.730. The molecule has 0 fully saturated rings. The summed E-state index contributed by atoms with van der Waals surface area (Å²) in [5.41, 5.74) is 2.51. The van der Waals surface area contributed by atoms with Gasteiger partial charge in [0, 0.05) is 31.8 Å². The number of rotatable bonds is 5. The van der Waals surface area contributed by atoms with Crippen molar-refractivity contribution in [2.75, 3.05) is 5.32 Å². The number of carbonyl (C=O) groups excluding carboxylic acids is 1. The molecule has 3 rings (SSSR count). The van der Waals surface area contributed by atoms with Crippen molar-refractivity contribution in [1.82, 2.24) is 4.98 Å². The third kappa shape index (κ3) is 4.69. The Hall–Kier alpha value is -1.63. The third-order valence-electron chi connectivity index (χ3n) is 3.25. The lowest BCUT2D eigenvalue weighted by molar-refractivity contribution is 0.102. The van der Waals surface area contributed by atoms with Crippen molar-refractivity contribution >= 4 is 50.6 Å². The van der Waals surface area contributed by atoms with Crippen LogP contribution in [0.4, 0.5) is 5.69 Å². The lowest BCUT2D eigenvalue weighted by atomic mass is 10.2. The van der Waals surface area contributed by atoms with Gasteiger partial charge in [0.25, 0.3) is 5.91 Å². The van der Waals surface area contributed by atoms with E-state index in [1.807, 2.05) is 55.5 Å². The molecule has 6 heteroatoms. The van der Waals surface area contributed by atoms with Crippen LogP contribution >= 0.6 is 39.0 Å². The van der Waals surface area contributed by atoms with Crippen molar-refractivity contribution in [1.29, 1.82) is 0 Å². The smallest absolute Gasteiger partial charge is 0.255 e. The van der Waals surface area contributed by atoms with Crippen molar-refractivity contribution in [2.45, 2.75) is 17.6 Å². The summed E-state index contributed by atoms with van der Waals surface area (Å²) in [6.07, 6.45) is 0. The molecule has 0 unspecified atom stereocenters. The van der Waals surface area contributed by atoms with Gasteiger partial charge in [0.15, 0.2) is 0 Å². The number of hydrogen-bond donors (Lipinski definition) is 1. The first-order chi connectivity index (χ1) is 11.6. The summed E-state index contributed by atoms with van der Waals surface area (Å²) in [7, 11) is 0. The number of hydrogen-bond acceptors (Lipinski definition) is 4. The molecule has 1 aromatic heterocycles. The number of amides is 1. The molecule has 122 valence electrons. The van der Waals surface area contributed by atoms with E-state index in [-0.39, 0.29) is 5.91 Å². The summed E-state index contributed by atoms with van der Waals surface area (Å²) in [4.78, 5) is 17.9. The Morgan fingerprint density at radius 2 is 2.04 bits per heavy atom. The highest BCUT2D eigenvalue weighted by Crippen LogP contribution is 2.24. The van der Waals surface area contributed by atoms with Gasteiger partial charge in [0.1, 0.15) is 0 Å². The molecule has 1 heterocycles. The molecule has 1 N–H and O–H groups in total. The molecule has 0 saturated carbocycles. The molecule has 0 spiro atoms. The fourth-order valence-electron chi connectivity index (χ4n) is 2.10. The second kappa shape index (κ2) is 7.96. The SMILES string of the molecule is Cc1nc(CSc2ccc(C(=O)Nc3cccc(Br)c3)cc2)cs1. The van der Waals surface area contributed by atoms with Crippen LogP contribution in [0.5, 0.6) is 0 Å². The maximum absolute atomic E-state index is 12.3. The van der Waals surface area contributed by atoms with Crippen LogP contribution in [0, 0.1) is 6.92 Å². The first kappa shape index (κ1) is 17.2. The minimum absolute atomic E-state index is 0.111. The van der Waals surface area contributed by atoms with Gasteiger partial charge in [-0.15, -0.1) is 23.1 Å². The van der Waals surface area contributed by atoms with Crippen LogP contribution in [0.15, 0.2) is 63.3 Å². The average molecular weight is 419 g/mol. The molecule has 1 amide bonds. The van der Waals surface area contributed by atoms with Crippen LogP contribution in [0.1, 0.15) is 21.1 Å². The van der Waals surface area contributed by atoms with Crippen LogP contribution in [-0.2, 0) is 5.75 Å². The largest absolute Gasteiger partial charge is 0.322 e. The van der Waals surface area contributed by atoms with Crippen molar-refractivity contribution in [2.24, 2.45) is 0 Å². The molecule has 0 saturated heterocycles. The molecule has 0 aliphatic carbocycles. The van der Waals surface area contributed by atoms with Gasteiger partial charge in [0.2, 0.25) is 0 Å². The molecule has 0 bridgehead atoms. The first-order valence-corrected chi connectivity index (χ1v) is 9.97. The number of nitrogens with zero attached hydrogens (tertiary/aromatic N) is 1. The Morgan fingerprint density at radius 3 is 2.71 bits per heavy atom. The molecule has 3 nitrogen and oxygen atoms in total. The second-order valence-corrected chi connectivity index (χ2v) is 8.16. The minimum Gasteiger partial charge on any atom is -0.322 e. The van der Waals surface area contributed by atoms with E-state index >= 15 is 0 Å². The highest BCUT2D eigenvalue weighted by Gasteiger charge is 2.07. The van der Waals surface area contributed by atoms with Crippen LogP contribution in [0.25, 0.3) is 0 Å². The zero-order valence-electron chi connectivity index (χ0n) is 13.0. The highest BCUT2D eigenvalue weighted by molar-refractivity contribution is 9.10. The number of anilines is 1. The van der Waals surface area contributed by atoms with E-state index in [9.17, 15) is 4.79 Å². The fraction of sp³-hybridized carbons (Fsp3) is 0.111. The van der Waals surface area contributed by atoms with Gasteiger partial charge in [-0.1, -0.05) is 22.0 Å². The highest BCUT2D eigenvalue weighted by atomic mass is 79.9. The molecule has 24 heavy (non-hydrogen) atoms. The van der Waals surface area contributed by atoms with E-state index in [2.05, 4.69) is 31.6 Å². The number of thioether (sulfide) groups is 1. The van der Waals surface area contributed by atoms with Crippen molar-refractivity contribution < 1.29 is 4.79 Å². The van der Waals surface area contributed by atoms with Gasteiger partial charge in [-0.05, 0) is 49.4 Å². The number of aromatic nitrogens is 1. The quantitative estimate of drug-likeness (QED) is 0.535. The fourth-order valence-corrected chi connectivity index (χ4v) is 4.01. The van der Waals surface area contributed by atoms with Gasteiger partial charge >= 0.3 is 0 Å². The Balaban J connectivity index is 1.60. The molecule has 2 aromatic carbocycles. The van der Waals surface area contributed by atoms with E-state index in [4.69, 9.17) is 0 Å². The van der Waals surface area contributed by atoms with E-state index in [1.54, 1.807) is 23.1 Å². The monoisotopic (exact) mass is 418 g/mol. The maximum atomic E-state index is 12.3. The number of benzene rings is 2. The molecular formula is C18H15BrN2OS2. The second-order valence-electron chi connectivity index (χ2n) is 5.14. The zero-order chi connectivity index (χ0) is 16.9. The summed E-state index contributed by atoms with van der Waals surface area (Å²) in [6.45, 7) is 2.01. The number of halogens is 1. The van der Waals surface area contributed by atoms with Crippen LogP contribution < -0.4 is 5.32 Å². The lowest BCUT2D eigenvalue weighted by Crippen LogP contribution is -2.11. The summed E-state index contributed by atoms with van der Waals surface area (Å²) < 4.78 is 0.935. The standard InChI is InChI=1S/C18H15BrN2OS2/c1-12-20-16(10-23-12)11-24-17-7-5-13(6-8-17)18(22)21-15-4-2-3-14(19)9-15/h2-10H,11H2,1H3,(H,21,22). The van der Waals surface area contributed by atoms with Crippen LogP contribution in [-0.4, -0.2) is 10.9 Å². The Labute approximate surface area is 157 Å². The van der Waals surface area contributed by atoms with Crippen molar-refractivity contribution in [3.63, 3.8) is 0 Å². The number of nitrogens with one attached hydrogen (secondary N) is 1. The van der Waals surface area contributed by atoms with Crippen LogP contribution in [0.3, 0.4) is 0 Å². The molecule has 0 aliphatic heterocycles. The molecule has 0 aliphatic rings. The number of aryl methyl sites for hydroxylation is 1. The van der Waals surface area contributed by atoms with Gasteiger partial charge < -0.3 is 5.32 Å². The normalized spacial score (nSPS) is 10.6. The number of thiazole rings is 1. The van der Waals surface area contributed by atoms with E-state index in [1.165, 1.54) is 0 Å². The predicted octanol–water partition coefficient (Wildman–Crippen LogP) is 5.76. The van der Waals surface area contributed by atoms with Crippen molar-refractivity contribution in [3.8, 4) is 0 Å². The van der Waals surface area contributed by atoms with Gasteiger partial charge in [-0.2, -0.15) is 0 Å². The van der Waals surface area contributed by atoms with E-state index in [0.29, 0.717) is 5.56 Å². The van der Waals surface area contributed by atoms with Crippen LogP contribution in [0.2, 0.25) is 0 Å². The number of carbonyl (C=O) groups is 1.